The van der Waals surface area contributed by atoms with E-state index in [0.29, 0.717) is 0 Å². The number of ether oxygens (including phenoxy) is 2. The summed E-state index contributed by atoms with van der Waals surface area (Å²) in [7, 11) is -4.29. The molecule has 0 atom stereocenters. The summed E-state index contributed by atoms with van der Waals surface area (Å²) in [6.45, 7) is 3.71. The molecule has 0 aliphatic carbocycles. The maximum Gasteiger partial charge on any atom is 0.341 e. The van der Waals surface area contributed by atoms with E-state index in [1.807, 2.05) is 13.8 Å². The van der Waals surface area contributed by atoms with E-state index in [1.54, 1.807) is 0 Å². The largest absolute Gasteiger partial charge is 0.460 e. The highest BCUT2D eigenvalue weighted by Gasteiger charge is 2.23. The number of primary sulfonamides is 1. The first-order valence-electron chi connectivity index (χ1n) is 5.93. The van der Waals surface area contributed by atoms with Crippen LogP contribution in [0.5, 0.6) is 0 Å². The monoisotopic (exact) mass is 383 g/mol. The maximum atomic E-state index is 14.0. The van der Waals surface area contributed by atoms with Gasteiger partial charge in [0.2, 0.25) is 10.0 Å². The number of benzene rings is 1. The Hall–Kier alpha value is -1.03. The average molecular weight is 384 g/mol. The molecule has 21 heavy (non-hydrogen) atoms. The van der Waals surface area contributed by atoms with Crippen molar-refractivity contribution < 1.29 is 27.1 Å². The first kappa shape index (κ1) is 18.0. The second-order valence-electron chi connectivity index (χ2n) is 4.37. The lowest BCUT2D eigenvalue weighted by Gasteiger charge is -2.10. The van der Waals surface area contributed by atoms with Crippen LogP contribution >= 0.6 is 15.9 Å². The molecule has 0 saturated heterocycles. The smallest absolute Gasteiger partial charge is 0.341 e. The van der Waals surface area contributed by atoms with Gasteiger partial charge in [0, 0.05) is 4.47 Å². The molecule has 0 aromatic heterocycles. The summed E-state index contributed by atoms with van der Waals surface area (Å²) in [5.74, 6) is -2.23. The van der Waals surface area contributed by atoms with Crippen molar-refractivity contribution in [2.75, 3.05) is 13.2 Å². The SMILES string of the molecule is CC(C)OCCOC(=O)c1cc(Br)cc(S(N)(=O)=O)c1F. The van der Waals surface area contributed by atoms with E-state index in [4.69, 9.17) is 14.6 Å². The maximum absolute atomic E-state index is 14.0. The molecule has 0 spiro atoms. The zero-order valence-corrected chi connectivity index (χ0v) is 13.8. The summed E-state index contributed by atoms with van der Waals surface area (Å²) in [4.78, 5) is 11.0. The minimum Gasteiger partial charge on any atom is -0.460 e. The molecule has 0 radical (unpaired) electrons. The molecular formula is C12H15BrFNO5S. The van der Waals surface area contributed by atoms with E-state index in [2.05, 4.69) is 15.9 Å². The van der Waals surface area contributed by atoms with Gasteiger partial charge in [0.25, 0.3) is 0 Å². The minimum atomic E-state index is -4.29. The van der Waals surface area contributed by atoms with E-state index in [-0.39, 0.29) is 23.8 Å². The molecule has 0 fully saturated rings. The Morgan fingerprint density at radius 3 is 2.52 bits per heavy atom. The van der Waals surface area contributed by atoms with Crippen molar-refractivity contribution in [3.8, 4) is 0 Å². The molecule has 118 valence electrons. The van der Waals surface area contributed by atoms with Crippen molar-refractivity contribution in [1.29, 1.82) is 0 Å². The topological polar surface area (TPSA) is 95.7 Å². The quantitative estimate of drug-likeness (QED) is 0.596. The van der Waals surface area contributed by atoms with Crippen molar-refractivity contribution in [3.05, 3.63) is 28.0 Å². The lowest BCUT2D eigenvalue weighted by molar-refractivity contribution is 0.0173. The fourth-order valence-corrected chi connectivity index (χ4v) is 2.68. The van der Waals surface area contributed by atoms with Gasteiger partial charge in [-0.3, -0.25) is 0 Å². The van der Waals surface area contributed by atoms with E-state index in [1.165, 1.54) is 0 Å². The van der Waals surface area contributed by atoms with Gasteiger partial charge in [-0.1, -0.05) is 15.9 Å². The summed E-state index contributed by atoms with van der Waals surface area (Å²) >= 11 is 2.99. The predicted molar refractivity (Wildman–Crippen MR) is 76.8 cm³/mol. The van der Waals surface area contributed by atoms with Crippen molar-refractivity contribution in [2.45, 2.75) is 24.8 Å². The number of esters is 1. The third kappa shape index (κ3) is 5.34. The Balaban J connectivity index is 2.93. The van der Waals surface area contributed by atoms with E-state index in [0.717, 1.165) is 12.1 Å². The van der Waals surface area contributed by atoms with E-state index >= 15 is 0 Å². The zero-order chi connectivity index (χ0) is 16.2. The summed E-state index contributed by atoms with van der Waals surface area (Å²) in [5.41, 5.74) is -0.516. The first-order valence-corrected chi connectivity index (χ1v) is 8.27. The van der Waals surface area contributed by atoms with Crippen LogP contribution in [0.4, 0.5) is 4.39 Å². The van der Waals surface area contributed by atoms with Gasteiger partial charge in [-0.25, -0.2) is 22.7 Å². The fraction of sp³-hybridized carbons (Fsp3) is 0.417. The highest BCUT2D eigenvalue weighted by molar-refractivity contribution is 9.10. The molecular weight excluding hydrogens is 369 g/mol. The van der Waals surface area contributed by atoms with Gasteiger partial charge in [0.1, 0.15) is 11.5 Å². The third-order valence-corrected chi connectivity index (χ3v) is 3.67. The van der Waals surface area contributed by atoms with Gasteiger partial charge in [0.05, 0.1) is 18.3 Å². The number of rotatable bonds is 6. The molecule has 1 aromatic rings. The van der Waals surface area contributed by atoms with Crippen LogP contribution in [-0.4, -0.2) is 33.7 Å². The van der Waals surface area contributed by atoms with Crippen LogP contribution in [0.15, 0.2) is 21.5 Å². The molecule has 0 saturated carbocycles. The molecule has 1 aromatic carbocycles. The van der Waals surface area contributed by atoms with Gasteiger partial charge in [0.15, 0.2) is 5.82 Å². The number of carbonyl (C=O) groups excluding carboxylic acids is 1. The van der Waals surface area contributed by atoms with Gasteiger partial charge in [-0.05, 0) is 26.0 Å². The van der Waals surface area contributed by atoms with Crippen LogP contribution in [0.25, 0.3) is 0 Å². The Labute approximate surface area is 130 Å². The van der Waals surface area contributed by atoms with Crippen molar-refractivity contribution >= 4 is 31.9 Å². The number of sulfonamides is 1. The van der Waals surface area contributed by atoms with Crippen molar-refractivity contribution in [2.24, 2.45) is 5.14 Å². The zero-order valence-electron chi connectivity index (χ0n) is 11.4. The molecule has 9 heteroatoms. The van der Waals surface area contributed by atoms with Crippen LogP contribution in [-0.2, 0) is 19.5 Å². The Kier molecular flexibility index (Phi) is 6.26. The Morgan fingerprint density at radius 2 is 2.00 bits per heavy atom. The molecule has 2 N–H and O–H groups in total. The highest BCUT2D eigenvalue weighted by atomic mass is 79.9. The minimum absolute atomic E-state index is 0.0275. The van der Waals surface area contributed by atoms with Crippen molar-refractivity contribution in [1.82, 2.24) is 0 Å². The van der Waals surface area contributed by atoms with Crippen molar-refractivity contribution in [3.63, 3.8) is 0 Å². The van der Waals surface area contributed by atoms with Crippen LogP contribution in [0, 0.1) is 5.82 Å². The number of carbonyl (C=O) groups is 1. The summed E-state index contributed by atoms with van der Waals surface area (Å²) < 4.78 is 46.7. The molecule has 0 heterocycles. The highest BCUT2D eigenvalue weighted by Crippen LogP contribution is 2.23. The summed E-state index contributed by atoms with van der Waals surface area (Å²) in [6.07, 6.45) is -0.0275. The van der Waals surface area contributed by atoms with Crippen LogP contribution < -0.4 is 5.14 Å². The molecule has 0 aliphatic rings. The number of nitrogens with two attached hydrogens (primary N) is 1. The summed E-state index contributed by atoms with van der Waals surface area (Å²) in [5, 5.41) is 4.89. The summed E-state index contributed by atoms with van der Waals surface area (Å²) in [6, 6.07) is 2.10. The standard InChI is InChI=1S/C12H15BrFNO5S/c1-7(2)19-3-4-20-12(16)9-5-8(13)6-10(11(9)14)21(15,17)18/h5-7H,3-4H2,1-2H3,(H2,15,17,18). The third-order valence-electron chi connectivity index (χ3n) is 2.30. The lowest BCUT2D eigenvalue weighted by Crippen LogP contribution is -2.18. The Bertz CT molecular complexity index is 633. The molecule has 0 aliphatic heterocycles. The van der Waals surface area contributed by atoms with Crippen LogP contribution in [0.3, 0.4) is 0 Å². The van der Waals surface area contributed by atoms with E-state index < -0.39 is 32.3 Å². The molecule has 0 bridgehead atoms. The van der Waals surface area contributed by atoms with Gasteiger partial charge in [-0.2, -0.15) is 0 Å². The van der Waals surface area contributed by atoms with Gasteiger partial charge in [-0.15, -0.1) is 0 Å². The molecule has 1 rings (SSSR count). The normalized spacial score (nSPS) is 11.7. The Morgan fingerprint density at radius 1 is 1.38 bits per heavy atom. The van der Waals surface area contributed by atoms with Gasteiger partial charge >= 0.3 is 5.97 Å². The first-order chi connectivity index (χ1) is 9.62. The molecule has 0 amide bonds. The van der Waals surface area contributed by atoms with Gasteiger partial charge < -0.3 is 9.47 Å². The lowest BCUT2D eigenvalue weighted by atomic mass is 10.2. The second kappa shape index (κ2) is 7.30. The van der Waals surface area contributed by atoms with Crippen LogP contribution in [0.1, 0.15) is 24.2 Å². The average Bonchev–Trinajstić information content (AvgIpc) is 2.35. The number of halogens is 2. The number of hydrogen-bond acceptors (Lipinski definition) is 5. The fourth-order valence-electron chi connectivity index (χ4n) is 1.42. The second-order valence-corrected chi connectivity index (χ2v) is 6.81. The predicted octanol–water partition coefficient (Wildman–Crippen LogP) is 1.82. The molecule has 6 nitrogen and oxygen atoms in total. The van der Waals surface area contributed by atoms with E-state index in [9.17, 15) is 17.6 Å². The molecule has 0 unspecified atom stereocenters. The number of hydrogen-bond donors (Lipinski definition) is 1. The van der Waals surface area contributed by atoms with Crippen LogP contribution in [0.2, 0.25) is 0 Å².